The van der Waals surface area contributed by atoms with E-state index < -0.39 is 0 Å². The molecular weight excluding hydrogens is 384 g/mol. The van der Waals surface area contributed by atoms with Gasteiger partial charge in [0, 0.05) is 31.7 Å². The van der Waals surface area contributed by atoms with Crippen LogP contribution in [0, 0.1) is 0 Å². The monoisotopic (exact) mass is 408 g/mol. The third-order valence-electron chi connectivity index (χ3n) is 5.17. The van der Waals surface area contributed by atoms with Crippen molar-refractivity contribution in [3.8, 4) is 0 Å². The molecule has 0 saturated carbocycles. The van der Waals surface area contributed by atoms with Gasteiger partial charge < -0.3 is 10.1 Å². The molecule has 156 valence electrons. The smallest absolute Gasteiger partial charge is 0.273 e. The summed E-state index contributed by atoms with van der Waals surface area (Å²) in [5.74, 6) is -0.223. The second kappa shape index (κ2) is 9.06. The number of benzene rings is 2. The molecule has 0 bridgehead atoms. The Hall–Kier alpha value is -3.23. The first-order valence-corrected chi connectivity index (χ1v) is 10.0. The molecule has 8 nitrogen and oxygen atoms in total. The molecule has 1 aromatic heterocycles. The summed E-state index contributed by atoms with van der Waals surface area (Å²) in [6, 6.07) is 14.4. The fraction of sp³-hybridized carbons (Fsp3) is 0.318. The molecule has 2 aromatic carbocycles. The lowest BCUT2D eigenvalue weighted by Gasteiger charge is -2.26. The molecule has 1 amide bonds. The van der Waals surface area contributed by atoms with Crippen molar-refractivity contribution < 1.29 is 9.53 Å². The largest absolute Gasteiger partial charge is 0.379 e. The van der Waals surface area contributed by atoms with E-state index >= 15 is 0 Å². The van der Waals surface area contributed by atoms with Gasteiger partial charge >= 0.3 is 0 Å². The summed E-state index contributed by atoms with van der Waals surface area (Å²) in [4.78, 5) is 39.4. The number of ether oxygens (including phenoxy) is 1. The topological polar surface area (TPSA) is 96.4 Å². The average molecular weight is 408 g/mol. The van der Waals surface area contributed by atoms with Crippen LogP contribution in [0.5, 0.6) is 0 Å². The number of amides is 1. The normalized spacial score (nSPS) is 14.7. The highest BCUT2D eigenvalue weighted by molar-refractivity contribution is 5.90. The Balaban J connectivity index is 1.39. The number of fused-ring (bicyclic) bond motifs is 1. The molecule has 0 unspecified atom stereocenters. The molecule has 2 N–H and O–H groups in total. The van der Waals surface area contributed by atoms with Gasteiger partial charge in [0.2, 0.25) is 5.91 Å². The maximum Gasteiger partial charge on any atom is 0.273 e. The Morgan fingerprint density at radius 1 is 1.03 bits per heavy atom. The molecule has 8 heteroatoms. The summed E-state index contributed by atoms with van der Waals surface area (Å²) in [5, 5.41) is 6.11. The standard InChI is InChI=1S/C22H24N4O4/c27-20(8-9-26-22(29)19-7-2-1-6-18(19)21(28)24-26)23-17-5-3-4-16(14-17)15-25-10-12-30-13-11-25/h1-7,14H,8-13,15H2,(H,23,27)(H,24,28). The number of H-pyrrole nitrogens is 1. The van der Waals surface area contributed by atoms with Crippen LogP contribution in [-0.2, 0) is 22.6 Å². The van der Waals surface area contributed by atoms with Crippen LogP contribution in [0.4, 0.5) is 5.69 Å². The lowest BCUT2D eigenvalue weighted by atomic mass is 10.1. The van der Waals surface area contributed by atoms with E-state index in [1.165, 1.54) is 4.68 Å². The molecule has 0 atom stereocenters. The van der Waals surface area contributed by atoms with Crippen molar-refractivity contribution in [2.24, 2.45) is 0 Å². The molecule has 2 heterocycles. The van der Waals surface area contributed by atoms with E-state index in [-0.39, 0.29) is 30.0 Å². The van der Waals surface area contributed by atoms with Crippen molar-refractivity contribution in [2.75, 3.05) is 31.6 Å². The zero-order chi connectivity index (χ0) is 20.9. The van der Waals surface area contributed by atoms with E-state index in [2.05, 4.69) is 15.3 Å². The number of aromatic amines is 1. The van der Waals surface area contributed by atoms with Crippen LogP contribution in [0.25, 0.3) is 10.8 Å². The number of rotatable bonds is 6. The van der Waals surface area contributed by atoms with Gasteiger partial charge in [-0.25, -0.2) is 4.68 Å². The predicted molar refractivity (Wildman–Crippen MR) is 115 cm³/mol. The molecule has 1 fully saturated rings. The van der Waals surface area contributed by atoms with Crippen molar-refractivity contribution in [3.63, 3.8) is 0 Å². The number of nitrogens with one attached hydrogen (secondary N) is 2. The maximum absolute atomic E-state index is 12.5. The minimum Gasteiger partial charge on any atom is -0.379 e. The highest BCUT2D eigenvalue weighted by Gasteiger charge is 2.12. The number of aryl methyl sites for hydroxylation is 1. The van der Waals surface area contributed by atoms with Gasteiger partial charge in [-0.2, -0.15) is 0 Å². The molecule has 1 aliphatic rings. The average Bonchev–Trinajstić information content (AvgIpc) is 2.76. The summed E-state index contributed by atoms with van der Waals surface area (Å²) < 4.78 is 6.57. The van der Waals surface area contributed by atoms with Crippen molar-refractivity contribution in [1.29, 1.82) is 0 Å². The fourth-order valence-corrected chi connectivity index (χ4v) is 3.61. The minimum atomic E-state index is -0.346. The highest BCUT2D eigenvalue weighted by Crippen LogP contribution is 2.14. The molecule has 4 rings (SSSR count). The number of carbonyl (C=O) groups excluding carboxylic acids is 1. The van der Waals surface area contributed by atoms with E-state index in [1.54, 1.807) is 24.3 Å². The van der Waals surface area contributed by atoms with E-state index in [4.69, 9.17) is 4.74 Å². The van der Waals surface area contributed by atoms with Gasteiger partial charge in [0.15, 0.2) is 0 Å². The van der Waals surface area contributed by atoms with Gasteiger partial charge in [0.05, 0.1) is 30.5 Å². The van der Waals surface area contributed by atoms with Gasteiger partial charge in [-0.1, -0.05) is 24.3 Å². The molecular formula is C22H24N4O4. The molecule has 30 heavy (non-hydrogen) atoms. The van der Waals surface area contributed by atoms with Gasteiger partial charge in [0.1, 0.15) is 0 Å². The summed E-state index contributed by atoms with van der Waals surface area (Å²) in [5.41, 5.74) is 1.17. The Morgan fingerprint density at radius 3 is 2.60 bits per heavy atom. The molecule has 1 saturated heterocycles. The first-order chi connectivity index (χ1) is 14.6. The summed E-state index contributed by atoms with van der Waals surface area (Å²) in [7, 11) is 0. The quantitative estimate of drug-likeness (QED) is 0.645. The molecule has 0 aliphatic carbocycles. The zero-order valence-electron chi connectivity index (χ0n) is 16.6. The van der Waals surface area contributed by atoms with Gasteiger partial charge in [0.25, 0.3) is 11.1 Å². The Morgan fingerprint density at radius 2 is 1.80 bits per heavy atom. The first kappa shape index (κ1) is 20.1. The first-order valence-electron chi connectivity index (χ1n) is 10.0. The fourth-order valence-electron chi connectivity index (χ4n) is 3.61. The van der Waals surface area contributed by atoms with Crippen LogP contribution >= 0.6 is 0 Å². The van der Waals surface area contributed by atoms with Gasteiger partial charge in [-0.3, -0.25) is 24.4 Å². The van der Waals surface area contributed by atoms with Gasteiger partial charge in [-0.15, -0.1) is 0 Å². The third-order valence-corrected chi connectivity index (χ3v) is 5.17. The number of nitrogens with zero attached hydrogens (tertiary/aromatic N) is 2. The van der Waals surface area contributed by atoms with Crippen molar-refractivity contribution in [3.05, 3.63) is 74.8 Å². The van der Waals surface area contributed by atoms with Crippen LogP contribution in [-0.4, -0.2) is 46.9 Å². The highest BCUT2D eigenvalue weighted by atomic mass is 16.5. The number of hydrogen-bond acceptors (Lipinski definition) is 5. The molecule has 0 radical (unpaired) electrons. The van der Waals surface area contributed by atoms with E-state index in [0.29, 0.717) is 16.5 Å². The molecule has 3 aromatic rings. The van der Waals surface area contributed by atoms with Crippen LogP contribution in [0.15, 0.2) is 58.1 Å². The maximum atomic E-state index is 12.5. The van der Waals surface area contributed by atoms with E-state index in [0.717, 1.165) is 38.4 Å². The van der Waals surface area contributed by atoms with Crippen molar-refractivity contribution in [1.82, 2.24) is 14.7 Å². The second-order valence-electron chi connectivity index (χ2n) is 7.33. The Labute approximate surface area is 173 Å². The lowest BCUT2D eigenvalue weighted by Crippen LogP contribution is -2.35. The van der Waals surface area contributed by atoms with E-state index in [9.17, 15) is 14.4 Å². The van der Waals surface area contributed by atoms with Crippen molar-refractivity contribution in [2.45, 2.75) is 19.5 Å². The van der Waals surface area contributed by atoms with Crippen LogP contribution in [0.2, 0.25) is 0 Å². The van der Waals surface area contributed by atoms with E-state index in [1.807, 2.05) is 24.3 Å². The molecule has 1 aliphatic heterocycles. The number of morpholine rings is 1. The zero-order valence-corrected chi connectivity index (χ0v) is 16.6. The van der Waals surface area contributed by atoms with Gasteiger partial charge in [-0.05, 0) is 29.8 Å². The van der Waals surface area contributed by atoms with Crippen LogP contribution < -0.4 is 16.4 Å². The van der Waals surface area contributed by atoms with Crippen molar-refractivity contribution >= 4 is 22.4 Å². The number of aromatic nitrogens is 2. The number of carbonyl (C=O) groups is 1. The minimum absolute atomic E-state index is 0.0713. The number of hydrogen-bond donors (Lipinski definition) is 2. The second-order valence-corrected chi connectivity index (χ2v) is 7.33. The van der Waals surface area contributed by atoms with Crippen LogP contribution in [0.1, 0.15) is 12.0 Å². The van der Waals surface area contributed by atoms with Crippen LogP contribution in [0.3, 0.4) is 0 Å². The number of anilines is 1. The summed E-state index contributed by atoms with van der Waals surface area (Å²) in [6.07, 6.45) is 0.0713. The SMILES string of the molecule is O=C(CCn1[nH]c(=O)c2ccccc2c1=O)Nc1cccc(CN2CCOCC2)c1. The third kappa shape index (κ3) is 4.67. The predicted octanol–water partition coefficient (Wildman–Crippen LogP) is 1.55. The Kier molecular flexibility index (Phi) is 6.06. The Bertz CT molecular complexity index is 1160. The molecule has 0 spiro atoms. The summed E-state index contributed by atoms with van der Waals surface area (Å²) >= 11 is 0. The lowest BCUT2D eigenvalue weighted by molar-refractivity contribution is -0.116. The summed E-state index contributed by atoms with van der Waals surface area (Å²) in [6.45, 7) is 4.18.